The van der Waals surface area contributed by atoms with Crippen molar-refractivity contribution in [1.82, 2.24) is 4.90 Å². The number of hydrogen-bond donors (Lipinski definition) is 2. The Hall–Kier alpha value is -2.01. The average molecular weight is 505 g/mol. The number of nitrogens with zero attached hydrogens (tertiary/aromatic N) is 3. The number of anilines is 2. The Morgan fingerprint density at radius 2 is 1.61 bits per heavy atom. The third-order valence-corrected chi connectivity index (χ3v) is 4.45. The molecule has 152 valence electrons. The SMILES string of the molecule is I.NC(=NCCN1CCN(c2ccc(F)cc2)CC1)Nc1cc(F)ccc1F. The number of piperazine rings is 1. The van der Waals surface area contributed by atoms with E-state index in [-0.39, 0.29) is 41.4 Å². The molecule has 9 heteroatoms. The lowest BCUT2D eigenvalue weighted by Gasteiger charge is -2.35. The largest absolute Gasteiger partial charge is 0.370 e. The fourth-order valence-electron chi connectivity index (χ4n) is 2.96. The van der Waals surface area contributed by atoms with Crippen LogP contribution in [0, 0.1) is 17.5 Å². The lowest BCUT2D eigenvalue weighted by Crippen LogP contribution is -2.47. The molecule has 0 aromatic heterocycles. The van der Waals surface area contributed by atoms with Gasteiger partial charge in [-0.2, -0.15) is 0 Å². The highest BCUT2D eigenvalue weighted by molar-refractivity contribution is 14.0. The van der Waals surface area contributed by atoms with Crippen molar-refractivity contribution in [3.63, 3.8) is 0 Å². The lowest BCUT2D eigenvalue weighted by molar-refractivity contribution is 0.265. The normalized spacial score (nSPS) is 15.2. The van der Waals surface area contributed by atoms with Crippen LogP contribution in [0.3, 0.4) is 0 Å². The predicted octanol–water partition coefficient (Wildman–Crippen LogP) is 3.27. The van der Waals surface area contributed by atoms with Crippen LogP contribution in [0.1, 0.15) is 0 Å². The van der Waals surface area contributed by atoms with Gasteiger partial charge in [0.05, 0.1) is 12.2 Å². The zero-order valence-corrected chi connectivity index (χ0v) is 17.6. The molecule has 0 radical (unpaired) electrons. The summed E-state index contributed by atoms with van der Waals surface area (Å²) in [6.07, 6.45) is 0. The van der Waals surface area contributed by atoms with Gasteiger partial charge in [0.1, 0.15) is 17.5 Å². The summed E-state index contributed by atoms with van der Waals surface area (Å²) >= 11 is 0. The van der Waals surface area contributed by atoms with Crippen molar-refractivity contribution in [2.24, 2.45) is 10.7 Å². The maximum atomic E-state index is 13.6. The Labute approximate surface area is 179 Å². The zero-order chi connectivity index (χ0) is 19.2. The number of benzene rings is 2. The summed E-state index contributed by atoms with van der Waals surface area (Å²) in [4.78, 5) is 8.63. The first-order chi connectivity index (χ1) is 13.0. The Bertz CT molecular complexity index is 793. The van der Waals surface area contributed by atoms with Crippen LogP contribution in [0.2, 0.25) is 0 Å². The van der Waals surface area contributed by atoms with Crippen LogP contribution >= 0.6 is 24.0 Å². The standard InChI is InChI=1S/C19H22F3N5.HI/c20-14-1-4-16(5-2-14)27-11-9-26(10-12-27)8-7-24-19(23)25-18-13-15(21)3-6-17(18)22;/h1-6,13H,7-12H2,(H3,23,24,25);1H. The summed E-state index contributed by atoms with van der Waals surface area (Å²) in [5, 5.41) is 2.58. The molecule has 0 bridgehead atoms. The summed E-state index contributed by atoms with van der Waals surface area (Å²) in [7, 11) is 0. The van der Waals surface area contributed by atoms with E-state index in [2.05, 4.69) is 20.1 Å². The minimum Gasteiger partial charge on any atom is -0.370 e. The van der Waals surface area contributed by atoms with E-state index >= 15 is 0 Å². The maximum absolute atomic E-state index is 13.6. The molecule has 0 atom stereocenters. The Balaban J connectivity index is 0.00000280. The molecule has 1 aliphatic rings. The van der Waals surface area contributed by atoms with E-state index in [9.17, 15) is 13.2 Å². The van der Waals surface area contributed by atoms with Gasteiger partial charge >= 0.3 is 0 Å². The molecule has 0 aliphatic carbocycles. The van der Waals surface area contributed by atoms with Gasteiger partial charge in [0.25, 0.3) is 0 Å². The second kappa shape index (κ2) is 10.5. The summed E-state index contributed by atoms with van der Waals surface area (Å²) in [5.74, 6) is -1.33. The van der Waals surface area contributed by atoms with E-state index < -0.39 is 11.6 Å². The number of guanidine groups is 1. The van der Waals surface area contributed by atoms with Crippen molar-refractivity contribution in [3.05, 3.63) is 59.9 Å². The number of hydrogen-bond acceptors (Lipinski definition) is 3. The van der Waals surface area contributed by atoms with Crippen molar-refractivity contribution < 1.29 is 13.2 Å². The molecule has 0 amide bonds. The minimum absolute atomic E-state index is 0. The monoisotopic (exact) mass is 505 g/mol. The predicted molar refractivity (Wildman–Crippen MR) is 117 cm³/mol. The fraction of sp³-hybridized carbons (Fsp3) is 0.316. The van der Waals surface area contributed by atoms with Crippen molar-refractivity contribution in [2.75, 3.05) is 49.5 Å². The first kappa shape index (κ1) is 22.3. The van der Waals surface area contributed by atoms with Crippen LogP contribution in [0.15, 0.2) is 47.5 Å². The molecule has 1 heterocycles. The van der Waals surface area contributed by atoms with Gasteiger partial charge in [-0.25, -0.2) is 13.2 Å². The van der Waals surface area contributed by atoms with Crippen molar-refractivity contribution in [3.8, 4) is 0 Å². The Morgan fingerprint density at radius 1 is 0.964 bits per heavy atom. The molecule has 3 rings (SSSR count). The highest BCUT2D eigenvalue weighted by Crippen LogP contribution is 2.17. The molecule has 0 unspecified atom stereocenters. The number of rotatable bonds is 5. The van der Waals surface area contributed by atoms with Crippen molar-refractivity contribution in [2.45, 2.75) is 0 Å². The van der Waals surface area contributed by atoms with Gasteiger partial charge in [-0.15, -0.1) is 24.0 Å². The maximum Gasteiger partial charge on any atom is 0.193 e. The molecular formula is C19H23F3IN5. The van der Waals surface area contributed by atoms with Gasteiger partial charge in [-0.05, 0) is 36.4 Å². The van der Waals surface area contributed by atoms with Crippen LogP contribution in [0.4, 0.5) is 24.5 Å². The van der Waals surface area contributed by atoms with E-state index in [1.165, 1.54) is 12.1 Å². The quantitative estimate of drug-likeness (QED) is 0.372. The second-order valence-electron chi connectivity index (χ2n) is 6.32. The van der Waals surface area contributed by atoms with Gasteiger partial charge in [0.15, 0.2) is 5.96 Å². The van der Waals surface area contributed by atoms with Crippen LogP contribution in [0.5, 0.6) is 0 Å². The van der Waals surface area contributed by atoms with Crippen molar-refractivity contribution >= 4 is 41.3 Å². The molecule has 28 heavy (non-hydrogen) atoms. The number of nitrogens with two attached hydrogens (primary N) is 1. The molecule has 1 fully saturated rings. The summed E-state index contributed by atoms with van der Waals surface area (Å²) < 4.78 is 39.7. The van der Waals surface area contributed by atoms with Crippen LogP contribution in [-0.2, 0) is 0 Å². The molecule has 5 nitrogen and oxygen atoms in total. The van der Waals surface area contributed by atoms with Gasteiger partial charge in [0.2, 0.25) is 0 Å². The molecule has 2 aromatic rings. The number of aliphatic imine (C=N–C) groups is 1. The lowest BCUT2D eigenvalue weighted by atomic mass is 10.2. The van der Waals surface area contributed by atoms with Gasteiger partial charge in [-0.3, -0.25) is 9.89 Å². The molecule has 3 N–H and O–H groups in total. The fourth-order valence-corrected chi connectivity index (χ4v) is 2.96. The third-order valence-electron chi connectivity index (χ3n) is 4.45. The van der Waals surface area contributed by atoms with Gasteiger partial charge in [-0.1, -0.05) is 0 Å². The van der Waals surface area contributed by atoms with Gasteiger partial charge in [0, 0.05) is 44.5 Å². The molecule has 1 aliphatic heterocycles. The number of nitrogens with one attached hydrogen (secondary N) is 1. The van der Waals surface area contributed by atoms with Crippen LogP contribution in [-0.4, -0.2) is 50.1 Å². The highest BCUT2D eigenvalue weighted by Gasteiger charge is 2.16. The molecular weight excluding hydrogens is 482 g/mol. The topological polar surface area (TPSA) is 56.9 Å². The average Bonchev–Trinajstić information content (AvgIpc) is 2.66. The smallest absolute Gasteiger partial charge is 0.193 e. The third kappa shape index (κ3) is 6.26. The molecule has 0 saturated carbocycles. The molecule has 0 spiro atoms. The number of halogens is 4. The minimum atomic E-state index is -0.591. The first-order valence-electron chi connectivity index (χ1n) is 8.76. The zero-order valence-electron chi connectivity index (χ0n) is 15.2. The van der Waals surface area contributed by atoms with Crippen LogP contribution < -0.4 is 16.0 Å². The van der Waals surface area contributed by atoms with Crippen LogP contribution in [0.25, 0.3) is 0 Å². The first-order valence-corrected chi connectivity index (χ1v) is 8.76. The van der Waals surface area contributed by atoms with E-state index in [0.29, 0.717) is 13.1 Å². The summed E-state index contributed by atoms with van der Waals surface area (Å²) in [6, 6.07) is 9.61. The Kier molecular flexibility index (Phi) is 8.36. The Morgan fingerprint density at radius 3 is 2.29 bits per heavy atom. The van der Waals surface area contributed by atoms with E-state index in [4.69, 9.17) is 5.73 Å². The van der Waals surface area contributed by atoms with E-state index in [1.54, 1.807) is 12.1 Å². The molecule has 2 aromatic carbocycles. The highest BCUT2D eigenvalue weighted by atomic mass is 127. The molecule has 1 saturated heterocycles. The van der Waals surface area contributed by atoms with Crippen molar-refractivity contribution in [1.29, 1.82) is 0 Å². The van der Waals surface area contributed by atoms with E-state index in [1.807, 2.05) is 0 Å². The summed E-state index contributed by atoms with van der Waals surface area (Å²) in [6.45, 7) is 4.57. The van der Waals surface area contributed by atoms with E-state index in [0.717, 1.165) is 50.1 Å². The van der Waals surface area contributed by atoms with Gasteiger partial charge < -0.3 is 16.0 Å². The second-order valence-corrected chi connectivity index (χ2v) is 6.32. The summed E-state index contributed by atoms with van der Waals surface area (Å²) in [5.41, 5.74) is 6.72.